The Balaban J connectivity index is 2.58. The second-order valence-corrected chi connectivity index (χ2v) is 6.30. The number of hydrogen-bond acceptors (Lipinski definition) is 4. The lowest BCUT2D eigenvalue weighted by Gasteiger charge is -1.97. The maximum atomic E-state index is 10.9. The van der Waals surface area contributed by atoms with Gasteiger partial charge < -0.3 is 0 Å². The molecular weight excluding hydrogens is 276 g/mol. The van der Waals surface area contributed by atoms with Gasteiger partial charge in [0, 0.05) is 5.41 Å². The van der Waals surface area contributed by atoms with Crippen molar-refractivity contribution in [3.8, 4) is 0 Å². The Hall–Kier alpha value is -0.240. The third kappa shape index (κ3) is 3.55. The lowest BCUT2D eigenvalue weighted by Crippen LogP contribution is -2.20. The molecule has 1 rings (SSSR count). The van der Waals surface area contributed by atoms with E-state index >= 15 is 0 Å². The molecule has 0 unspecified atom stereocenters. The standard InChI is InChI=1S/C6H7BrN2O2S2/c1-2-13(10,11)9-4-6-8-3-5(7)12-6/h2-3,9H,1,4H2. The Kier molecular flexibility index (Phi) is 3.60. The second-order valence-electron chi connectivity index (χ2n) is 2.09. The summed E-state index contributed by atoms with van der Waals surface area (Å²) in [6.07, 6.45) is 1.63. The zero-order valence-electron chi connectivity index (χ0n) is 6.53. The number of sulfonamides is 1. The van der Waals surface area contributed by atoms with E-state index in [4.69, 9.17) is 0 Å². The SMILES string of the molecule is C=CS(=O)(=O)NCc1ncc(Br)s1. The van der Waals surface area contributed by atoms with Gasteiger partial charge in [-0.25, -0.2) is 18.1 Å². The van der Waals surface area contributed by atoms with Gasteiger partial charge in [-0.15, -0.1) is 11.3 Å². The fourth-order valence-electron chi connectivity index (χ4n) is 0.591. The van der Waals surface area contributed by atoms with Crippen molar-refractivity contribution in [3.63, 3.8) is 0 Å². The largest absolute Gasteiger partial charge is 0.247 e. The van der Waals surface area contributed by atoms with E-state index < -0.39 is 10.0 Å². The Morgan fingerprint density at radius 2 is 2.46 bits per heavy atom. The first kappa shape index (κ1) is 10.8. The molecule has 0 aliphatic carbocycles. The summed E-state index contributed by atoms with van der Waals surface area (Å²) < 4.78 is 25.0. The van der Waals surface area contributed by atoms with Crippen LogP contribution in [0.4, 0.5) is 0 Å². The molecule has 0 bridgehead atoms. The van der Waals surface area contributed by atoms with E-state index in [1.54, 1.807) is 6.20 Å². The molecule has 0 amide bonds. The van der Waals surface area contributed by atoms with Crippen molar-refractivity contribution in [2.24, 2.45) is 0 Å². The lowest BCUT2D eigenvalue weighted by atomic mass is 10.7. The van der Waals surface area contributed by atoms with Crippen LogP contribution in [-0.2, 0) is 16.6 Å². The van der Waals surface area contributed by atoms with Crippen molar-refractivity contribution in [1.82, 2.24) is 9.71 Å². The molecule has 1 N–H and O–H groups in total. The Morgan fingerprint density at radius 3 is 2.92 bits per heavy atom. The van der Waals surface area contributed by atoms with Gasteiger partial charge in [0.25, 0.3) is 0 Å². The molecule has 1 heterocycles. The molecule has 0 aliphatic heterocycles. The molecule has 0 radical (unpaired) electrons. The smallest absolute Gasteiger partial charge is 0.233 e. The summed E-state index contributed by atoms with van der Waals surface area (Å²) in [5.41, 5.74) is 0. The van der Waals surface area contributed by atoms with Crippen LogP contribution in [0.25, 0.3) is 0 Å². The van der Waals surface area contributed by atoms with E-state index in [0.717, 1.165) is 9.19 Å². The molecule has 72 valence electrons. The first-order chi connectivity index (χ1) is 6.03. The summed E-state index contributed by atoms with van der Waals surface area (Å²) in [6.45, 7) is 3.37. The predicted molar refractivity (Wildman–Crippen MR) is 55.8 cm³/mol. The Morgan fingerprint density at radius 1 is 1.77 bits per heavy atom. The highest BCUT2D eigenvalue weighted by molar-refractivity contribution is 9.11. The number of rotatable bonds is 4. The van der Waals surface area contributed by atoms with Gasteiger partial charge in [0.1, 0.15) is 5.01 Å². The Labute approximate surface area is 88.9 Å². The van der Waals surface area contributed by atoms with Gasteiger partial charge in [0.05, 0.1) is 16.5 Å². The van der Waals surface area contributed by atoms with Crippen LogP contribution in [0, 0.1) is 0 Å². The van der Waals surface area contributed by atoms with E-state index in [2.05, 4.69) is 32.2 Å². The van der Waals surface area contributed by atoms with Crippen LogP contribution in [0.15, 0.2) is 22.0 Å². The van der Waals surface area contributed by atoms with Gasteiger partial charge in [0.2, 0.25) is 10.0 Å². The van der Waals surface area contributed by atoms with Crippen molar-refractivity contribution in [3.05, 3.63) is 27.0 Å². The van der Waals surface area contributed by atoms with Crippen LogP contribution in [0.2, 0.25) is 0 Å². The normalized spacial score (nSPS) is 11.5. The molecule has 0 aliphatic rings. The zero-order valence-corrected chi connectivity index (χ0v) is 9.75. The minimum atomic E-state index is -3.34. The fraction of sp³-hybridized carbons (Fsp3) is 0.167. The predicted octanol–water partition coefficient (Wildman–Crippen LogP) is 1.47. The van der Waals surface area contributed by atoms with Crippen LogP contribution in [0.3, 0.4) is 0 Å². The molecule has 0 spiro atoms. The van der Waals surface area contributed by atoms with Crippen molar-refractivity contribution < 1.29 is 8.42 Å². The zero-order chi connectivity index (χ0) is 9.90. The minimum absolute atomic E-state index is 0.199. The highest BCUT2D eigenvalue weighted by atomic mass is 79.9. The molecule has 4 nitrogen and oxygen atoms in total. The molecule has 7 heteroatoms. The molecule has 0 saturated heterocycles. The molecular formula is C6H7BrN2O2S2. The lowest BCUT2D eigenvalue weighted by molar-refractivity contribution is 0.590. The first-order valence-electron chi connectivity index (χ1n) is 3.26. The van der Waals surface area contributed by atoms with Crippen LogP contribution in [0.5, 0.6) is 0 Å². The van der Waals surface area contributed by atoms with Crippen molar-refractivity contribution in [2.45, 2.75) is 6.54 Å². The maximum Gasteiger partial charge on any atom is 0.233 e. The van der Waals surface area contributed by atoms with Crippen LogP contribution in [-0.4, -0.2) is 13.4 Å². The number of hydrogen-bond donors (Lipinski definition) is 1. The quantitative estimate of drug-likeness (QED) is 0.910. The third-order valence-electron chi connectivity index (χ3n) is 1.17. The topological polar surface area (TPSA) is 59.1 Å². The van der Waals surface area contributed by atoms with E-state index in [0.29, 0.717) is 5.01 Å². The van der Waals surface area contributed by atoms with E-state index in [1.807, 2.05) is 0 Å². The third-order valence-corrected chi connectivity index (χ3v) is 3.63. The summed E-state index contributed by atoms with van der Waals surface area (Å²) in [6, 6.07) is 0. The van der Waals surface area contributed by atoms with E-state index in [9.17, 15) is 8.42 Å². The van der Waals surface area contributed by atoms with Crippen LogP contribution >= 0.6 is 27.3 Å². The van der Waals surface area contributed by atoms with Crippen molar-refractivity contribution in [1.29, 1.82) is 0 Å². The van der Waals surface area contributed by atoms with Gasteiger partial charge in [-0.1, -0.05) is 6.58 Å². The second kappa shape index (κ2) is 4.32. The summed E-state index contributed by atoms with van der Waals surface area (Å²) in [4.78, 5) is 3.96. The molecule has 1 aromatic rings. The number of aromatic nitrogens is 1. The van der Waals surface area contributed by atoms with E-state index in [-0.39, 0.29) is 6.54 Å². The van der Waals surface area contributed by atoms with Gasteiger partial charge in [-0.2, -0.15) is 0 Å². The molecule has 13 heavy (non-hydrogen) atoms. The molecule has 0 aromatic carbocycles. The minimum Gasteiger partial charge on any atom is -0.247 e. The number of nitrogens with zero attached hydrogens (tertiary/aromatic N) is 1. The highest BCUT2D eigenvalue weighted by Gasteiger charge is 2.05. The molecule has 1 aromatic heterocycles. The summed E-state index contributed by atoms with van der Waals surface area (Å²) in [5, 5.41) is 1.58. The number of thiazole rings is 1. The van der Waals surface area contributed by atoms with E-state index in [1.165, 1.54) is 11.3 Å². The summed E-state index contributed by atoms with van der Waals surface area (Å²) >= 11 is 4.61. The van der Waals surface area contributed by atoms with Gasteiger partial charge in [-0.3, -0.25) is 0 Å². The highest BCUT2D eigenvalue weighted by Crippen LogP contribution is 2.18. The summed E-state index contributed by atoms with van der Waals surface area (Å²) in [7, 11) is -3.34. The number of nitrogens with one attached hydrogen (secondary N) is 1. The van der Waals surface area contributed by atoms with Crippen LogP contribution < -0.4 is 4.72 Å². The molecule has 0 atom stereocenters. The van der Waals surface area contributed by atoms with Crippen molar-refractivity contribution in [2.75, 3.05) is 0 Å². The van der Waals surface area contributed by atoms with Crippen molar-refractivity contribution >= 4 is 37.3 Å². The maximum absolute atomic E-state index is 10.9. The average molecular weight is 283 g/mol. The average Bonchev–Trinajstić information content (AvgIpc) is 2.48. The molecule has 0 fully saturated rings. The molecule has 0 saturated carbocycles. The monoisotopic (exact) mass is 282 g/mol. The van der Waals surface area contributed by atoms with Gasteiger partial charge >= 0.3 is 0 Å². The first-order valence-corrected chi connectivity index (χ1v) is 6.41. The Bertz CT molecular complexity index is 399. The fourth-order valence-corrected chi connectivity index (χ4v) is 2.38. The van der Waals surface area contributed by atoms with Gasteiger partial charge in [0.15, 0.2) is 0 Å². The summed E-state index contributed by atoms with van der Waals surface area (Å²) in [5.74, 6) is 0. The van der Waals surface area contributed by atoms with Gasteiger partial charge in [-0.05, 0) is 15.9 Å². The van der Waals surface area contributed by atoms with Crippen LogP contribution in [0.1, 0.15) is 5.01 Å². The number of halogens is 1.